The van der Waals surface area contributed by atoms with E-state index in [1.807, 2.05) is 0 Å². The van der Waals surface area contributed by atoms with Crippen LogP contribution in [0.5, 0.6) is 0 Å². The van der Waals surface area contributed by atoms with Crippen LogP contribution in [0.15, 0.2) is 0 Å². The van der Waals surface area contributed by atoms with Crippen LogP contribution in [0.1, 0.15) is 19.3 Å². The first-order valence-corrected chi connectivity index (χ1v) is 14.4. The van der Waals surface area contributed by atoms with Crippen LogP contribution in [0.2, 0.25) is 0 Å². The minimum Gasteiger partial charge on any atom is -0.693 e. The Morgan fingerprint density at radius 1 is 0.667 bits per heavy atom. The monoisotopic (exact) mass is 662 g/mol. The molecule has 0 rings (SSSR count). The van der Waals surface area contributed by atoms with Gasteiger partial charge in [-0.2, -0.15) is 13.1 Å². The fourth-order valence-electron chi connectivity index (χ4n) is 0.427. The Morgan fingerprint density at radius 2 is 0.867 bits per heavy atom. The molecule has 0 saturated heterocycles. The Hall–Kier alpha value is 2.38. The molecule has 0 aliphatic heterocycles. The van der Waals surface area contributed by atoms with Gasteiger partial charge in [0, 0.05) is 0 Å². The van der Waals surface area contributed by atoms with Gasteiger partial charge in [0.15, 0.2) is 0 Å². The number of unbranched alkanes of at least 4 members (excludes halogenated alkanes) is 2. The molecular formula is C5H16Cl4N4Pt2. The van der Waals surface area contributed by atoms with Gasteiger partial charge >= 0.3 is 70.6 Å². The molecule has 0 atom stereocenters. The molecule has 0 aromatic rings. The minimum absolute atomic E-state index is 0. The molecule has 0 aliphatic carbocycles. The van der Waals surface area contributed by atoms with Crippen molar-refractivity contribution >= 4 is 37.7 Å². The molecule has 0 amide bonds. The van der Waals surface area contributed by atoms with Crippen LogP contribution in [-0.4, -0.2) is 13.1 Å². The molecule has 0 aromatic carbocycles. The van der Waals surface area contributed by atoms with E-state index in [4.69, 9.17) is 49.1 Å². The van der Waals surface area contributed by atoms with E-state index in [1.54, 1.807) is 0 Å². The smallest absolute Gasteiger partial charge is 0.0566 e. The van der Waals surface area contributed by atoms with E-state index in [-0.39, 0.29) is 12.3 Å². The summed E-state index contributed by atoms with van der Waals surface area (Å²) in [5, 5.41) is 0. The van der Waals surface area contributed by atoms with Crippen LogP contribution in [0.25, 0.3) is 23.8 Å². The summed E-state index contributed by atoms with van der Waals surface area (Å²) in [6, 6.07) is 0. The third-order valence-corrected chi connectivity index (χ3v) is 0.854. The van der Waals surface area contributed by atoms with Crippen LogP contribution in [-0.2, 0) is 33.0 Å². The SMILES string of the molecule is [Cl][Pt+2][Cl].[Cl][Pt+2][Cl].[NH-]CCCCC[NH-].[NH2-].[NH2-]. The molecular weight excluding hydrogens is 648 g/mol. The van der Waals surface area contributed by atoms with Gasteiger partial charge in [-0.05, 0) is 0 Å². The normalized spacial score (nSPS) is 7.33. The second kappa shape index (κ2) is 44.0. The number of hydrogen-bond acceptors (Lipinski definition) is 0. The summed E-state index contributed by atoms with van der Waals surface area (Å²) in [6.45, 7) is 1.06. The third-order valence-electron chi connectivity index (χ3n) is 0.854. The number of nitrogens with one attached hydrogen (secondary N) is 2. The molecule has 0 heterocycles. The zero-order valence-corrected chi connectivity index (χ0v) is 15.4. The molecule has 0 saturated carbocycles. The van der Waals surface area contributed by atoms with Gasteiger partial charge in [0.1, 0.15) is 0 Å². The average molecular weight is 664 g/mol. The molecule has 0 spiro atoms. The summed E-state index contributed by atoms with van der Waals surface area (Å²) in [4.78, 5) is 0. The second-order valence-corrected chi connectivity index (χ2v) is 8.22. The molecule has 6 N–H and O–H groups in total. The van der Waals surface area contributed by atoms with E-state index in [1.165, 1.54) is 0 Å². The van der Waals surface area contributed by atoms with Gasteiger partial charge in [-0.1, -0.05) is 19.3 Å². The Kier molecular flexibility index (Phi) is 89.3. The van der Waals surface area contributed by atoms with Crippen molar-refractivity contribution < 1.29 is 33.0 Å². The van der Waals surface area contributed by atoms with Crippen LogP contribution >= 0.6 is 37.7 Å². The maximum Gasteiger partial charge on any atom is -0.0566 e. The first kappa shape index (κ1) is 30.4. The Balaban J connectivity index is -0.0000000361. The summed E-state index contributed by atoms with van der Waals surface area (Å²) in [7, 11) is 19.5. The molecule has 0 aliphatic rings. The topological polar surface area (TPSA) is 115 Å². The van der Waals surface area contributed by atoms with Crippen LogP contribution < -0.4 is 0 Å². The van der Waals surface area contributed by atoms with Crippen molar-refractivity contribution in [1.29, 1.82) is 0 Å². The van der Waals surface area contributed by atoms with Crippen molar-refractivity contribution in [2.24, 2.45) is 0 Å². The maximum absolute atomic E-state index is 6.72. The van der Waals surface area contributed by atoms with Crippen LogP contribution in [0, 0.1) is 0 Å². The van der Waals surface area contributed by atoms with Crippen LogP contribution in [0.3, 0.4) is 0 Å². The van der Waals surface area contributed by atoms with Gasteiger partial charge in [-0.15, -0.1) is 0 Å². The summed E-state index contributed by atoms with van der Waals surface area (Å²) in [5.41, 5.74) is 13.4. The standard InChI is InChI=1S/C5H12N2.4ClH.2H2N.2Pt/c6-4-2-1-3-5-7;;;;;;;;/h6-7H,1-5H2;4*1H;2*1H2;;/q-2;;;;;2*-1;2*+4/p-4. The third kappa shape index (κ3) is 83.2. The van der Waals surface area contributed by atoms with E-state index in [9.17, 15) is 0 Å². The molecule has 15 heavy (non-hydrogen) atoms. The van der Waals surface area contributed by atoms with Gasteiger partial charge in [0.05, 0.1) is 0 Å². The van der Waals surface area contributed by atoms with Crippen molar-refractivity contribution in [1.82, 2.24) is 0 Å². The zero-order valence-electron chi connectivity index (χ0n) is 7.83. The Morgan fingerprint density at radius 3 is 1.00 bits per heavy atom. The van der Waals surface area contributed by atoms with Gasteiger partial charge in [-0.25, -0.2) is 0 Å². The maximum atomic E-state index is 6.72. The number of halogens is 4. The molecule has 4 nitrogen and oxygen atoms in total. The van der Waals surface area contributed by atoms with Crippen LogP contribution in [0.4, 0.5) is 0 Å². The minimum atomic E-state index is -0.472. The van der Waals surface area contributed by atoms with E-state index >= 15 is 0 Å². The molecule has 0 unspecified atom stereocenters. The first-order chi connectivity index (χ1) is 6.24. The van der Waals surface area contributed by atoms with Crippen molar-refractivity contribution in [3.8, 4) is 0 Å². The molecule has 0 bridgehead atoms. The molecule has 0 radical (unpaired) electrons. The zero-order chi connectivity index (χ0) is 10.9. The first-order valence-electron chi connectivity index (χ1n) is 3.19. The van der Waals surface area contributed by atoms with Gasteiger partial charge < -0.3 is 23.8 Å². The summed E-state index contributed by atoms with van der Waals surface area (Å²) < 4.78 is 0. The van der Waals surface area contributed by atoms with Crippen molar-refractivity contribution in [2.75, 3.05) is 13.1 Å². The summed E-state index contributed by atoms with van der Waals surface area (Å²) in [6.07, 6.45) is 3.00. The van der Waals surface area contributed by atoms with E-state index in [0.717, 1.165) is 19.3 Å². The molecule has 104 valence electrons. The predicted octanol–water partition coefficient (Wildman–Crippen LogP) is 6.45. The van der Waals surface area contributed by atoms with Crippen molar-refractivity contribution in [3.63, 3.8) is 0 Å². The quantitative estimate of drug-likeness (QED) is 0.308. The van der Waals surface area contributed by atoms with Gasteiger partial charge in [-0.3, -0.25) is 0 Å². The molecule has 0 aromatic heterocycles. The van der Waals surface area contributed by atoms with Gasteiger partial charge in [0.25, 0.3) is 0 Å². The van der Waals surface area contributed by atoms with E-state index < -0.39 is 33.0 Å². The fourth-order valence-corrected chi connectivity index (χ4v) is 0.427. The Labute approximate surface area is 125 Å². The van der Waals surface area contributed by atoms with Crippen molar-refractivity contribution in [3.05, 3.63) is 23.8 Å². The molecule has 0 fully saturated rings. The molecule has 10 heteroatoms. The van der Waals surface area contributed by atoms with Gasteiger partial charge in [0.2, 0.25) is 0 Å². The largest absolute Gasteiger partial charge is 0.693 e. The second-order valence-electron chi connectivity index (χ2n) is 1.65. The van der Waals surface area contributed by atoms with E-state index in [2.05, 4.69) is 0 Å². The predicted molar refractivity (Wildman–Crippen MR) is 66.2 cm³/mol. The van der Waals surface area contributed by atoms with Crippen molar-refractivity contribution in [2.45, 2.75) is 19.3 Å². The Bertz CT molecular complexity index is 62.3. The number of nitrogens with two attached hydrogens (primary N) is 2. The number of hydrogen-bond donors (Lipinski definition) is 0. The summed E-state index contributed by atoms with van der Waals surface area (Å²) in [5.74, 6) is 0. The fraction of sp³-hybridized carbons (Fsp3) is 1.00. The average Bonchev–Trinajstić information content (AvgIpc) is 2.08. The summed E-state index contributed by atoms with van der Waals surface area (Å²) >= 11 is -0.944. The van der Waals surface area contributed by atoms with E-state index in [0.29, 0.717) is 13.1 Å². The number of rotatable bonds is 4.